The lowest BCUT2D eigenvalue weighted by atomic mass is 9.96. The molecule has 0 aromatic rings. The molecule has 3 aliphatic heterocycles. The van der Waals surface area contributed by atoms with Gasteiger partial charge in [-0.3, -0.25) is 4.79 Å². The van der Waals surface area contributed by atoms with E-state index in [-0.39, 0.29) is 18.9 Å². The van der Waals surface area contributed by atoms with Gasteiger partial charge in [0, 0.05) is 6.42 Å². The Morgan fingerprint density at radius 2 is 0.534 bits per heavy atom. The second-order valence-electron chi connectivity index (χ2n) is 36.0. The highest BCUT2D eigenvalue weighted by Gasteiger charge is 2.54. The molecule has 0 saturated carbocycles. The molecule has 3 fully saturated rings. The van der Waals surface area contributed by atoms with Gasteiger partial charge >= 0.3 is 0 Å². The molecule has 3 saturated heterocycles. The van der Waals surface area contributed by atoms with Gasteiger partial charge in [0.1, 0.15) is 73.2 Å². The van der Waals surface area contributed by atoms with Crippen molar-refractivity contribution >= 4 is 5.91 Å². The third-order valence-electron chi connectivity index (χ3n) is 25.3. The lowest BCUT2D eigenvalue weighted by molar-refractivity contribution is -0.379. The second kappa shape index (κ2) is 77.1. The van der Waals surface area contributed by atoms with Crippen LogP contribution in [0.3, 0.4) is 0 Å². The smallest absolute Gasteiger partial charge is 0.220 e. The van der Waals surface area contributed by atoms with Gasteiger partial charge < -0.3 is 89.9 Å². The third kappa shape index (κ3) is 54.3. The Balaban J connectivity index is 1.28. The normalized spacial score (nSPS) is 24.4. The number of carbonyl (C=O) groups is 1. The van der Waals surface area contributed by atoms with Crippen molar-refractivity contribution in [2.24, 2.45) is 0 Å². The molecule has 0 aromatic heterocycles. The SMILES string of the molecule is CCCCCCCCCCCCCCCCCCCCCCCCCCCCCCCCC/C=C/C(O)C(COC1OC(CO)C(OC2OC(CO)C(OC3OC(CO)C(O)C(O)C3O)C(O)C2O)C(O)C1O)NC(=O)CCCCCCCCCCCCCCCCCCCCCCCCCCCCCCCCCCCCCCCC. The number of hydrogen-bond acceptors (Lipinski definition) is 18. The summed E-state index contributed by atoms with van der Waals surface area (Å²) >= 11 is 0. The number of carbonyl (C=O) groups excluding carboxylic acids is 1. The average Bonchev–Trinajstić information content (AvgIpc) is 0.779. The van der Waals surface area contributed by atoms with Gasteiger partial charge in [-0.05, 0) is 19.3 Å². The molecule has 0 aromatic carbocycles. The van der Waals surface area contributed by atoms with Crippen LogP contribution in [0.5, 0.6) is 0 Å². The van der Waals surface area contributed by atoms with Crippen LogP contribution >= 0.6 is 0 Å². The van der Waals surface area contributed by atoms with E-state index in [9.17, 15) is 61.0 Å². The number of aliphatic hydroxyl groups excluding tert-OH is 11. The Morgan fingerprint density at radius 1 is 0.302 bits per heavy atom. The quantitative estimate of drug-likeness (QED) is 0.0199. The van der Waals surface area contributed by atoms with Crippen LogP contribution < -0.4 is 5.32 Å². The predicted molar refractivity (Wildman–Crippen MR) is 471 cm³/mol. The van der Waals surface area contributed by atoms with E-state index < -0.39 is 124 Å². The van der Waals surface area contributed by atoms with Gasteiger partial charge in [0.2, 0.25) is 5.91 Å². The standard InChI is InChI=1S/C97H187NO18/c1-3-5-7-9-11-13-15-17-19-21-23-25-27-29-31-33-35-37-38-39-40-41-43-45-47-49-51-53-55-57-59-61-63-65-67-69-71-73-75-85(103)98-80(81(102)74-72-70-68-66-64-62-60-58-56-54-52-50-48-46-44-42-36-34-32-30-28-26-24-22-20-18-16-14-12-10-8-6-4-2)79-111-95-91(109)88(106)93(83(77-100)113-95)116-97-92(110)89(107)94(84(78-101)114-97)115-96-90(108)87(105)86(104)82(76-99)112-96/h72,74,80-84,86-97,99-102,104-110H,3-71,73,75-79H2,1-2H3,(H,98,103)/b74-72+. The van der Waals surface area contributed by atoms with E-state index in [0.29, 0.717) is 6.42 Å². The van der Waals surface area contributed by atoms with Crippen LogP contribution in [0.25, 0.3) is 0 Å². The van der Waals surface area contributed by atoms with Gasteiger partial charge in [0.25, 0.3) is 0 Å². The van der Waals surface area contributed by atoms with Gasteiger partial charge in [-0.15, -0.1) is 0 Å². The van der Waals surface area contributed by atoms with Crippen LogP contribution in [0, 0.1) is 0 Å². The third-order valence-corrected chi connectivity index (χ3v) is 25.3. The van der Waals surface area contributed by atoms with Crippen LogP contribution in [0.15, 0.2) is 12.2 Å². The average molecular weight is 1660 g/mol. The van der Waals surface area contributed by atoms with Gasteiger partial charge in [-0.25, -0.2) is 0 Å². The lowest BCUT2D eigenvalue weighted by Crippen LogP contribution is -2.66. The van der Waals surface area contributed by atoms with Crippen molar-refractivity contribution in [3.05, 3.63) is 12.2 Å². The minimum absolute atomic E-state index is 0.251. The van der Waals surface area contributed by atoms with Crippen molar-refractivity contribution in [2.45, 2.75) is 574 Å². The number of ether oxygens (including phenoxy) is 6. The van der Waals surface area contributed by atoms with Crippen molar-refractivity contribution < 1.29 is 89.4 Å². The number of amides is 1. The van der Waals surface area contributed by atoms with E-state index in [1.165, 1.54) is 398 Å². The van der Waals surface area contributed by atoms with Gasteiger partial charge in [-0.1, -0.05) is 456 Å². The zero-order valence-electron chi connectivity index (χ0n) is 74.8. The summed E-state index contributed by atoms with van der Waals surface area (Å²) in [6.07, 6.45) is 71.2. The number of hydrogen-bond donors (Lipinski definition) is 12. The van der Waals surface area contributed by atoms with Crippen molar-refractivity contribution in [1.29, 1.82) is 0 Å². The first kappa shape index (κ1) is 109. The van der Waals surface area contributed by atoms with E-state index in [4.69, 9.17) is 28.4 Å². The van der Waals surface area contributed by atoms with Crippen molar-refractivity contribution in [1.82, 2.24) is 5.32 Å². The Labute approximate surface area is 709 Å². The first-order chi connectivity index (χ1) is 56.8. The molecule has 0 aliphatic carbocycles. The Kier molecular flexibility index (Phi) is 72.3. The monoisotopic (exact) mass is 1650 g/mol. The molecule has 0 radical (unpaired) electrons. The summed E-state index contributed by atoms with van der Waals surface area (Å²) in [4.78, 5) is 13.6. The number of allylic oxidation sites excluding steroid dienone is 1. The zero-order valence-corrected chi connectivity index (χ0v) is 74.8. The van der Waals surface area contributed by atoms with Gasteiger partial charge in [0.05, 0.1) is 38.6 Å². The molecule has 0 spiro atoms. The molecule has 1 amide bonds. The molecule has 3 rings (SSSR count). The molecule has 116 heavy (non-hydrogen) atoms. The number of nitrogens with one attached hydrogen (secondary N) is 1. The summed E-state index contributed by atoms with van der Waals surface area (Å²) < 4.78 is 34.6. The summed E-state index contributed by atoms with van der Waals surface area (Å²) in [5.41, 5.74) is 0. The number of rotatable bonds is 84. The maximum atomic E-state index is 13.6. The fraction of sp³-hybridized carbons (Fsp3) is 0.969. The molecule has 17 atom stereocenters. The minimum Gasteiger partial charge on any atom is -0.394 e. The summed E-state index contributed by atoms with van der Waals surface area (Å²) in [5, 5.41) is 121. The maximum Gasteiger partial charge on any atom is 0.220 e. The lowest BCUT2D eigenvalue weighted by Gasteiger charge is -2.48. The van der Waals surface area contributed by atoms with Crippen LogP contribution in [0.2, 0.25) is 0 Å². The van der Waals surface area contributed by atoms with E-state index >= 15 is 0 Å². The highest BCUT2D eigenvalue weighted by atomic mass is 16.8. The fourth-order valence-corrected chi connectivity index (χ4v) is 17.4. The first-order valence-electron chi connectivity index (χ1n) is 49.9. The summed E-state index contributed by atoms with van der Waals surface area (Å²) in [6, 6.07) is -0.972. The predicted octanol–water partition coefficient (Wildman–Crippen LogP) is 20.6. The van der Waals surface area contributed by atoms with Crippen LogP contribution in [-0.2, 0) is 33.2 Å². The molecule has 3 heterocycles. The molecule has 12 N–H and O–H groups in total. The molecule has 0 bridgehead atoms. The zero-order chi connectivity index (χ0) is 83.8. The number of aliphatic hydroxyl groups is 11. The largest absolute Gasteiger partial charge is 0.394 e. The van der Waals surface area contributed by atoms with Gasteiger partial charge in [0.15, 0.2) is 18.9 Å². The molecule has 688 valence electrons. The maximum absolute atomic E-state index is 13.6. The molecular weight excluding hydrogens is 1470 g/mol. The van der Waals surface area contributed by atoms with Crippen molar-refractivity contribution in [3.63, 3.8) is 0 Å². The molecule has 19 heteroatoms. The molecule has 3 aliphatic rings. The first-order valence-corrected chi connectivity index (χ1v) is 49.9. The highest BCUT2D eigenvalue weighted by molar-refractivity contribution is 5.76. The molecule has 17 unspecified atom stereocenters. The molecule has 19 nitrogen and oxygen atoms in total. The summed E-state index contributed by atoms with van der Waals surface area (Å²) in [7, 11) is 0. The van der Waals surface area contributed by atoms with E-state index in [1.807, 2.05) is 6.08 Å². The summed E-state index contributed by atoms with van der Waals surface area (Å²) in [6.45, 7) is 1.83. The highest BCUT2D eigenvalue weighted by Crippen LogP contribution is 2.34. The van der Waals surface area contributed by atoms with E-state index in [0.717, 1.165) is 44.9 Å². The van der Waals surface area contributed by atoms with E-state index in [2.05, 4.69) is 19.2 Å². The minimum atomic E-state index is -1.98. The van der Waals surface area contributed by atoms with E-state index in [1.54, 1.807) is 6.08 Å². The number of unbranched alkanes of at least 4 members (excludes halogenated alkanes) is 68. The fourth-order valence-electron chi connectivity index (χ4n) is 17.4. The summed E-state index contributed by atoms with van der Waals surface area (Å²) in [5.74, 6) is -0.263. The Hall–Kier alpha value is -1.47. The Bertz CT molecular complexity index is 2130. The Morgan fingerprint density at radius 3 is 0.810 bits per heavy atom. The molecular formula is C97H187NO18. The van der Waals surface area contributed by atoms with Crippen LogP contribution in [0.1, 0.15) is 470 Å². The van der Waals surface area contributed by atoms with Crippen LogP contribution in [-0.4, -0.2) is 193 Å². The topological polar surface area (TPSA) is 307 Å². The van der Waals surface area contributed by atoms with Crippen LogP contribution in [0.4, 0.5) is 0 Å². The van der Waals surface area contributed by atoms with Crippen molar-refractivity contribution in [2.75, 3.05) is 26.4 Å². The van der Waals surface area contributed by atoms with Gasteiger partial charge in [-0.2, -0.15) is 0 Å². The van der Waals surface area contributed by atoms with Crippen molar-refractivity contribution in [3.8, 4) is 0 Å². The second-order valence-corrected chi connectivity index (χ2v) is 36.0.